The third kappa shape index (κ3) is 12.0. The van der Waals surface area contributed by atoms with E-state index in [0.717, 1.165) is 6.08 Å². The van der Waals surface area contributed by atoms with Crippen LogP contribution in [0.15, 0.2) is 11.6 Å². The number of aliphatic carboxylic acids is 2. The van der Waals surface area contributed by atoms with Crippen LogP contribution in [0.25, 0.3) is 0 Å². The van der Waals surface area contributed by atoms with Crippen molar-refractivity contribution in [3.8, 4) is 0 Å². The van der Waals surface area contributed by atoms with Gasteiger partial charge in [-0.25, -0.2) is 0 Å². The van der Waals surface area contributed by atoms with E-state index in [1.165, 1.54) is 0 Å². The molecule has 0 aromatic heterocycles. The Morgan fingerprint density at radius 3 is 1.83 bits per heavy atom. The van der Waals surface area contributed by atoms with E-state index in [9.17, 15) is 24.0 Å². The molecule has 1 rings (SSSR count). The van der Waals surface area contributed by atoms with E-state index < -0.39 is 36.2 Å². The molecule has 0 bridgehead atoms. The standard InChI is InChI=1S/C7H7NO3.C4H7NO4.C2H8N2/c1-2-5(9)4-3-6(10)8-7(4)11;5-2(4(8)9)1-3(6)7;1-2(3)4/h3H,2H2,1H3,(H,8,10,11);2H,1,5H2,(H,6,7)(H,8,9);2H,3-4H2,1H3/t;2-;/m.0./s1. The summed E-state index contributed by atoms with van der Waals surface area (Å²) in [5.74, 6) is -3.88. The van der Waals surface area contributed by atoms with Crippen LogP contribution < -0.4 is 22.5 Å². The van der Waals surface area contributed by atoms with Gasteiger partial charge in [-0.3, -0.25) is 29.3 Å². The maximum absolute atomic E-state index is 10.9. The van der Waals surface area contributed by atoms with E-state index in [1.54, 1.807) is 13.8 Å². The van der Waals surface area contributed by atoms with Gasteiger partial charge in [-0.2, -0.15) is 0 Å². The molecular formula is C13H22N4O7. The topological polar surface area (TPSA) is 216 Å². The zero-order valence-electron chi connectivity index (χ0n) is 13.3. The first-order chi connectivity index (χ1) is 10.9. The summed E-state index contributed by atoms with van der Waals surface area (Å²) in [6.45, 7) is 3.36. The minimum Gasteiger partial charge on any atom is -0.481 e. The molecule has 0 saturated carbocycles. The summed E-state index contributed by atoms with van der Waals surface area (Å²) in [6, 6.07) is -1.29. The number of nitrogens with two attached hydrogens (primary N) is 3. The van der Waals surface area contributed by atoms with Crippen molar-refractivity contribution in [3.63, 3.8) is 0 Å². The molecule has 1 aliphatic heterocycles. The molecule has 0 aromatic carbocycles. The summed E-state index contributed by atoms with van der Waals surface area (Å²) in [5, 5.41) is 18.0. The number of carbonyl (C=O) groups is 5. The van der Waals surface area contributed by atoms with Crippen LogP contribution in [0.2, 0.25) is 0 Å². The largest absolute Gasteiger partial charge is 0.481 e. The molecule has 136 valence electrons. The van der Waals surface area contributed by atoms with E-state index in [1.807, 2.05) is 5.32 Å². The van der Waals surface area contributed by atoms with Gasteiger partial charge in [0.15, 0.2) is 5.78 Å². The van der Waals surface area contributed by atoms with E-state index in [0.29, 0.717) is 0 Å². The van der Waals surface area contributed by atoms with E-state index in [-0.39, 0.29) is 23.9 Å². The Morgan fingerprint density at radius 1 is 1.17 bits per heavy atom. The van der Waals surface area contributed by atoms with Gasteiger partial charge in [0.2, 0.25) is 0 Å². The molecule has 0 unspecified atom stereocenters. The summed E-state index contributed by atoms with van der Waals surface area (Å²) >= 11 is 0. The molecule has 0 fully saturated rings. The number of hydrogen-bond acceptors (Lipinski definition) is 8. The summed E-state index contributed by atoms with van der Waals surface area (Å²) in [4.78, 5) is 51.8. The Labute approximate surface area is 137 Å². The van der Waals surface area contributed by atoms with Crippen LogP contribution in [0.4, 0.5) is 0 Å². The van der Waals surface area contributed by atoms with Crippen molar-refractivity contribution in [3.05, 3.63) is 11.6 Å². The highest BCUT2D eigenvalue weighted by Gasteiger charge is 2.24. The highest BCUT2D eigenvalue weighted by Crippen LogP contribution is 2.05. The predicted octanol–water partition coefficient (Wildman–Crippen LogP) is -2.33. The molecule has 1 heterocycles. The second-order valence-electron chi connectivity index (χ2n) is 4.55. The number of nitrogens with one attached hydrogen (secondary N) is 1. The lowest BCUT2D eigenvalue weighted by molar-refractivity contribution is -0.144. The first-order valence-electron chi connectivity index (χ1n) is 6.73. The van der Waals surface area contributed by atoms with Crippen molar-refractivity contribution in [1.82, 2.24) is 5.32 Å². The number of hydrogen-bond donors (Lipinski definition) is 6. The van der Waals surface area contributed by atoms with Gasteiger partial charge in [0.25, 0.3) is 11.8 Å². The van der Waals surface area contributed by atoms with Gasteiger partial charge in [0.1, 0.15) is 6.04 Å². The Bertz CT molecular complexity index is 526. The van der Waals surface area contributed by atoms with Gasteiger partial charge in [0, 0.05) is 18.7 Å². The number of carboxylic acid groups (broad SMARTS) is 2. The van der Waals surface area contributed by atoms with Crippen molar-refractivity contribution in [2.24, 2.45) is 17.2 Å². The maximum Gasteiger partial charge on any atom is 0.321 e. The normalized spacial score (nSPS) is 13.7. The molecule has 1 atom stereocenters. The summed E-state index contributed by atoms with van der Waals surface area (Å²) in [7, 11) is 0. The zero-order valence-corrected chi connectivity index (χ0v) is 13.3. The third-order valence-corrected chi connectivity index (χ3v) is 2.09. The molecule has 0 spiro atoms. The third-order valence-electron chi connectivity index (χ3n) is 2.09. The molecular weight excluding hydrogens is 324 g/mol. The monoisotopic (exact) mass is 346 g/mol. The fraction of sp³-hybridized carbons (Fsp3) is 0.462. The second-order valence-corrected chi connectivity index (χ2v) is 4.55. The van der Waals surface area contributed by atoms with Crippen LogP contribution in [0.5, 0.6) is 0 Å². The molecule has 0 aliphatic carbocycles. The van der Waals surface area contributed by atoms with Crippen LogP contribution in [0.3, 0.4) is 0 Å². The molecule has 24 heavy (non-hydrogen) atoms. The Kier molecular flexibility index (Phi) is 11.7. The minimum absolute atomic E-state index is 0.0301. The first-order valence-corrected chi connectivity index (χ1v) is 6.73. The quantitative estimate of drug-likeness (QED) is 0.177. The van der Waals surface area contributed by atoms with E-state index in [2.05, 4.69) is 0 Å². The molecule has 0 radical (unpaired) electrons. The van der Waals surface area contributed by atoms with Crippen LogP contribution in [-0.4, -0.2) is 52.0 Å². The van der Waals surface area contributed by atoms with Crippen molar-refractivity contribution < 1.29 is 34.2 Å². The van der Waals surface area contributed by atoms with Gasteiger partial charge in [-0.1, -0.05) is 6.92 Å². The average Bonchev–Trinajstić information content (AvgIpc) is 2.76. The highest BCUT2D eigenvalue weighted by molar-refractivity contribution is 6.30. The van der Waals surface area contributed by atoms with Crippen LogP contribution >= 0.6 is 0 Å². The van der Waals surface area contributed by atoms with Crippen molar-refractivity contribution >= 4 is 29.5 Å². The number of ketones is 1. The SMILES string of the molecule is CC(N)N.CCC(=O)C1=CC(=O)NC1=O.N[C@@H](CC(=O)O)C(=O)O. The lowest BCUT2D eigenvalue weighted by Crippen LogP contribution is -2.32. The zero-order chi connectivity index (χ0) is 19.4. The molecule has 2 amide bonds. The van der Waals surface area contributed by atoms with Gasteiger partial charge >= 0.3 is 11.9 Å². The Morgan fingerprint density at radius 2 is 1.62 bits per heavy atom. The predicted molar refractivity (Wildman–Crippen MR) is 82.2 cm³/mol. The van der Waals surface area contributed by atoms with Crippen LogP contribution in [-0.2, 0) is 24.0 Å². The number of carboxylic acids is 2. The fourth-order valence-electron chi connectivity index (χ4n) is 1.08. The molecule has 0 aromatic rings. The first kappa shape index (κ1) is 23.6. The van der Waals surface area contributed by atoms with Crippen LogP contribution in [0.1, 0.15) is 26.7 Å². The Hall–Kier alpha value is -2.63. The number of imide groups is 1. The molecule has 1 aliphatic rings. The van der Waals surface area contributed by atoms with Gasteiger partial charge in [-0.05, 0) is 6.92 Å². The molecule has 9 N–H and O–H groups in total. The van der Waals surface area contributed by atoms with Crippen molar-refractivity contribution in [2.75, 3.05) is 0 Å². The summed E-state index contributed by atoms with van der Waals surface area (Å²) in [6.07, 6.45) is 0.579. The molecule has 11 nitrogen and oxygen atoms in total. The smallest absolute Gasteiger partial charge is 0.321 e. The number of amides is 2. The lowest BCUT2D eigenvalue weighted by Gasteiger charge is -1.99. The minimum atomic E-state index is -1.29. The maximum atomic E-state index is 10.9. The van der Waals surface area contributed by atoms with E-state index in [4.69, 9.17) is 27.4 Å². The molecule has 11 heteroatoms. The number of carbonyl (C=O) groups excluding carboxylic acids is 3. The average molecular weight is 346 g/mol. The number of Topliss-reactive ketones (excluding diaryl/α,β-unsaturated/α-hetero) is 1. The highest BCUT2D eigenvalue weighted by atomic mass is 16.4. The number of rotatable bonds is 5. The van der Waals surface area contributed by atoms with Crippen LogP contribution in [0, 0.1) is 0 Å². The van der Waals surface area contributed by atoms with Gasteiger partial charge < -0.3 is 27.4 Å². The summed E-state index contributed by atoms with van der Waals surface area (Å²) < 4.78 is 0. The lowest BCUT2D eigenvalue weighted by atomic mass is 10.1. The fourth-order valence-corrected chi connectivity index (χ4v) is 1.08. The second kappa shape index (κ2) is 11.9. The Balaban J connectivity index is 0. The summed E-state index contributed by atoms with van der Waals surface area (Å²) in [5.41, 5.74) is 14.6. The van der Waals surface area contributed by atoms with Crippen molar-refractivity contribution in [1.29, 1.82) is 0 Å². The van der Waals surface area contributed by atoms with E-state index >= 15 is 0 Å². The molecule has 0 saturated heterocycles. The van der Waals surface area contributed by atoms with Crippen molar-refractivity contribution in [2.45, 2.75) is 38.9 Å². The van der Waals surface area contributed by atoms with Gasteiger partial charge in [0.05, 0.1) is 12.0 Å². The van der Waals surface area contributed by atoms with Gasteiger partial charge in [-0.15, -0.1) is 0 Å².